The van der Waals surface area contributed by atoms with Crippen molar-refractivity contribution in [2.75, 3.05) is 5.73 Å². The Morgan fingerprint density at radius 3 is 2.82 bits per heavy atom. The first kappa shape index (κ1) is 7.88. The van der Waals surface area contributed by atoms with Gasteiger partial charge in [-0.2, -0.15) is 0 Å². The van der Waals surface area contributed by atoms with Crippen molar-refractivity contribution in [3.05, 3.63) is 23.2 Å². The number of nitrogen functional groups attached to an aromatic ring is 1. The van der Waals surface area contributed by atoms with Crippen LogP contribution in [0.5, 0.6) is 5.75 Å². The fourth-order valence-corrected chi connectivity index (χ4v) is 0.924. The highest BCUT2D eigenvalue weighted by Crippen LogP contribution is 2.29. The van der Waals surface area contributed by atoms with Crippen molar-refractivity contribution in [2.45, 2.75) is 0 Å². The number of hydrogen-bond donors (Lipinski definition) is 1. The Labute approximate surface area is 68.7 Å². The Morgan fingerprint density at radius 1 is 1.55 bits per heavy atom. The molecular weight excluding hydrogens is 166 g/mol. The number of carbonyl (C=O) groups is 1. The molecule has 1 rings (SSSR count). The minimum absolute atomic E-state index is 0.212. The normalized spacial score (nSPS) is 9.18. The standard InChI is InChI=1S/C7H6ClNO2/c8-5-2-1-3-6(9)7(5)11-4-10/h1-4H,9H2. The van der Waals surface area contributed by atoms with Crippen LogP contribution in [-0.4, -0.2) is 6.47 Å². The summed E-state index contributed by atoms with van der Waals surface area (Å²) < 4.78 is 4.53. The number of nitrogens with two attached hydrogens (primary N) is 1. The second-order valence-corrected chi connectivity index (χ2v) is 2.28. The lowest BCUT2D eigenvalue weighted by molar-refractivity contribution is -0.120. The molecule has 4 heteroatoms. The SMILES string of the molecule is Nc1cccc(Cl)c1OC=O. The molecule has 0 spiro atoms. The van der Waals surface area contributed by atoms with Gasteiger partial charge >= 0.3 is 0 Å². The number of rotatable bonds is 2. The van der Waals surface area contributed by atoms with Crippen molar-refractivity contribution >= 4 is 23.8 Å². The molecule has 1 aromatic rings. The van der Waals surface area contributed by atoms with E-state index in [4.69, 9.17) is 17.3 Å². The first-order chi connectivity index (χ1) is 5.25. The van der Waals surface area contributed by atoms with E-state index in [-0.39, 0.29) is 12.2 Å². The summed E-state index contributed by atoms with van der Waals surface area (Å²) in [5, 5.41) is 0.331. The summed E-state index contributed by atoms with van der Waals surface area (Å²) in [6.45, 7) is 0.289. The number of hydrogen-bond acceptors (Lipinski definition) is 3. The van der Waals surface area contributed by atoms with Crippen molar-refractivity contribution in [3.8, 4) is 5.75 Å². The first-order valence-corrected chi connectivity index (χ1v) is 3.28. The zero-order valence-corrected chi connectivity index (χ0v) is 6.34. The molecule has 2 N–H and O–H groups in total. The van der Waals surface area contributed by atoms with Gasteiger partial charge in [0.2, 0.25) is 0 Å². The van der Waals surface area contributed by atoms with Crippen LogP contribution in [0.4, 0.5) is 5.69 Å². The van der Waals surface area contributed by atoms with E-state index in [9.17, 15) is 4.79 Å². The molecule has 0 heterocycles. The number of carbonyl (C=O) groups excluding carboxylic acids is 1. The Balaban J connectivity index is 3.09. The van der Waals surface area contributed by atoms with Gasteiger partial charge in [0, 0.05) is 0 Å². The zero-order valence-electron chi connectivity index (χ0n) is 5.58. The van der Waals surface area contributed by atoms with Crippen LogP contribution >= 0.6 is 11.6 Å². The molecular formula is C7H6ClNO2. The maximum Gasteiger partial charge on any atom is 0.298 e. The maximum atomic E-state index is 9.94. The summed E-state index contributed by atoms with van der Waals surface area (Å²) in [6, 6.07) is 4.87. The third-order valence-electron chi connectivity index (χ3n) is 1.16. The third-order valence-corrected chi connectivity index (χ3v) is 1.46. The van der Waals surface area contributed by atoms with Gasteiger partial charge in [0.05, 0.1) is 10.7 Å². The van der Waals surface area contributed by atoms with Crippen LogP contribution in [0.25, 0.3) is 0 Å². The van der Waals surface area contributed by atoms with E-state index < -0.39 is 0 Å². The zero-order chi connectivity index (χ0) is 8.27. The Kier molecular flexibility index (Phi) is 2.33. The van der Waals surface area contributed by atoms with Crippen LogP contribution in [0, 0.1) is 0 Å². The van der Waals surface area contributed by atoms with Gasteiger partial charge in [0.1, 0.15) is 0 Å². The summed E-state index contributed by atoms with van der Waals surface area (Å²) >= 11 is 5.64. The summed E-state index contributed by atoms with van der Waals surface area (Å²) in [7, 11) is 0. The molecule has 0 aliphatic rings. The van der Waals surface area contributed by atoms with Gasteiger partial charge in [-0.1, -0.05) is 17.7 Å². The number of anilines is 1. The van der Waals surface area contributed by atoms with Gasteiger partial charge in [0.15, 0.2) is 5.75 Å². The molecule has 0 atom stereocenters. The molecule has 58 valence electrons. The van der Waals surface area contributed by atoms with E-state index in [0.29, 0.717) is 10.7 Å². The van der Waals surface area contributed by atoms with Gasteiger partial charge in [-0.05, 0) is 12.1 Å². The molecule has 0 aliphatic heterocycles. The lowest BCUT2D eigenvalue weighted by Gasteiger charge is -2.02. The van der Waals surface area contributed by atoms with Gasteiger partial charge in [-0.15, -0.1) is 0 Å². The maximum absolute atomic E-state index is 9.94. The van der Waals surface area contributed by atoms with Gasteiger partial charge < -0.3 is 10.5 Å². The average molecular weight is 172 g/mol. The second-order valence-electron chi connectivity index (χ2n) is 1.87. The largest absolute Gasteiger partial charge is 0.425 e. The van der Waals surface area contributed by atoms with E-state index >= 15 is 0 Å². The predicted octanol–water partition coefficient (Wildman–Crippen LogP) is 1.46. The van der Waals surface area contributed by atoms with E-state index in [0.717, 1.165) is 0 Å². The molecule has 0 amide bonds. The fraction of sp³-hybridized carbons (Fsp3) is 0. The highest BCUT2D eigenvalue weighted by molar-refractivity contribution is 6.32. The first-order valence-electron chi connectivity index (χ1n) is 2.90. The molecule has 0 saturated heterocycles. The molecule has 0 saturated carbocycles. The summed E-state index contributed by atoms with van der Waals surface area (Å²) in [5.41, 5.74) is 5.79. The molecule has 3 nitrogen and oxygen atoms in total. The number of para-hydroxylation sites is 1. The van der Waals surface area contributed by atoms with Crippen molar-refractivity contribution in [1.82, 2.24) is 0 Å². The van der Waals surface area contributed by atoms with Crippen molar-refractivity contribution in [1.29, 1.82) is 0 Å². The smallest absolute Gasteiger partial charge is 0.298 e. The van der Waals surface area contributed by atoms with Crippen LogP contribution in [0.1, 0.15) is 0 Å². The summed E-state index contributed by atoms with van der Waals surface area (Å²) in [6.07, 6.45) is 0. The number of halogens is 1. The monoisotopic (exact) mass is 171 g/mol. The van der Waals surface area contributed by atoms with Gasteiger partial charge in [-0.3, -0.25) is 4.79 Å². The molecule has 0 aromatic heterocycles. The minimum atomic E-state index is 0.212. The number of ether oxygens (including phenoxy) is 1. The molecule has 0 bridgehead atoms. The summed E-state index contributed by atoms with van der Waals surface area (Å²) in [5.74, 6) is 0.212. The Morgan fingerprint density at radius 2 is 2.27 bits per heavy atom. The minimum Gasteiger partial charge on any atom is -0.425 e. The van der Waals surface area contributed by atoms with Crippen LogP contribution < -0.4 is 10.5 Å². The lowest BCUT2D eigenvalue weighted by Crippen LogP contribution is -1.95. The molecule has 0 fully saturated rings. The van der Waals surface area contributed by atoms with E-state index in [1.54, 1.807) is 18.2 Å². The fourth-order valence-electron chi connectivity index (χ4n) is 0.698. The van der Waals surface area contributed by atoms with Crippen LogP contribution in [0.15, 0.2) is 18.2 Å². The summed E-state index contributed by atoms with van der Waals surface area (Å²) in [4.78, 5) is 9.94. The van der Waals surface area contributed by atoms with Gasteiger partial charge in [-0.25, -0.2) is 0 Å². The van der Waals surface area contributed by atoms with E-state index in [2.05, 4.69) is 4.74 Å². The lowest BCUT2D eigenvalue weighted by atomic mass is 10.3. The Hall–Kier alpha value is -1.22. The molecule has 0 aliphatic carbocycles. The van der Waals surface area contributed by atoms with Crippen LogP contribution in [-0.2, 0) is 4.79 Å². The van der Waals surface area contributed by atoms with Crippen molar-refractivity contribution < 1.29 is 9.53 Å². The quantitative estimate of drug-likeness (QED) is 0.542. The van der Waals surface area contributed by atoms with Crippen LogP contribution in [0.2, 0.25) is 5.02 Å². The highest BCUT2D eigenvalue weighted by atomic mass is 35.5. The van der Waals surface area contributed by atoms with Crippen molar-refractivity contribution in [2.24, 2.45) is 0 Å². The van der Waals surface area contributed by atoms with Crippen molar-refractivity contribution in [3.63, 3.8) is 0 Å². The molecule has 0 unspecified atom stereocenters. The molecule has 1 aromatic carbocycles. The average Bonchev–Trinajstić information content (AvgIpc) is 1.97. The van der Waals surface area contributed by atoms with Gasteiger partial charge in [0.25, 0.3) is 6.47 Å². The molecule has 11 heavy (non-hydrogen) atoms. The second kappa shape index (κ2) is 3.25. The van der Waals surface area contributed by atoms with Crippen LogP contribution in [0.3, 0.4) is 0 Å². The third kappa shape index (κ3) is 1.62. The predicted molar refractivity (Wildman–Crippen MR) is 42.6 cm³/mol. The van der Waals surface area contributed by atoms with E-state index in [1.165, 1.54) is 0 Å². The molecule has 0 radical (unpaired) electrons. The topological polar surface area (TPSA) is 52.3 Å². The highest BCUT2D eigenvalue weighted by Gasteiger charge is 2.03. The number of benzene rings is 1. The Bertz CT molecular complexity index is 255. The van der Waals surface area contributed by atoms with E-state index in [1.807, 2.05) is 0 Å².